The molecule has 0 amide bonds. The Morgan fingerprint density at radius 3 is 2.52 bits per heavy atom. The summed E-state index contributed by atoms with van der Waals surface area (Å²) in [6.45, 7) is 2.15. The Balaban J connectivity index is 2.21. The van der Waals surface area contributed by atoms with Crippen molar-refractivity contribution >= 4 is 21.6 Å². The smallest absolute Gasteiger partial charge is 0.242 e. The molecule has 1 N–H and O–H groups in total. The number of halogens is 1. The lowest BCUT2D eigenvalue weighted by atomic mass is 10.1. The van der Waals surface area contributed by atoms with Gasteiger partial charge in [-0.15, -0.1) is 0 Å². The summed E-state index contributed by atoms with van der Waals surface area (Å²) in [6.07, 6.45) is 0. The third-order valence-corrected chi connectivity index (χ3v) is 5.03. The van der Waals surface area contributed by atoms with E-state index in [0.29, 0.717) is 5.75 Å². The third kappa shape index (κ3) is 3.75. The van der Waals surface area contributed by atoms with Gasteiger partial charge in [-0.1, -0.05) is 35.9 Å². The van der Waals surface area contributed by atoms with Gasteiger partial charge in [0.2, 0.25) is 10.0 Å². The molecule has 0 aliphatic rings. The van der Waals surface area contributed by atoms with Crippen LogP contribution in [0.4, 0.5) is 0 Å². The molecule has 0 saturated heterocycles. The second-order valence-electron chi connectivity index (χ2n) is 4.55. The first-order chi connectivity index (χ1) is 9.94. The van der Waals surface area contributed by atoms with Crippen LogP contribution >= 0.6 is 11.6 Å². The molecule has 0 radical (unpaired) electrons. The number of ether oxygens (including phenoxy) is 1. The van der Waals surface area contributed by atoms with Gasteiger partial charge in [0.05, 0.1) is 12.1 Å². The summed E-state index contributed by atoms with van der Waals surface area (Å²) in [7, 11) is -2.17. The minimum absolute atomic E-state index is 0.0403. The normalized spacial score (nSPS) is 11.4. The third-order valence-electron chi connectivity index (χ3n) is 3.14. The summed E-state index contributed by atoms with van der Waals surface area (Å²) >= 11 is 6.01. The van der Waals surface area contributed by atoms with Gasteiger partial charge in [-0.25, -0.2) is 13.1 Å². The lowest BCUT2D eigenvalue weighted by molar-refractivity contribution is 0.414. The van der Waals surface area contributed by atoms with Crippen molar-refractivity contribution in [2.45, 2.75) is 18.4 Å². The first kappa shape index (κ1) is 15.8. The van der Waals surface area contributed by atoms with Crippen LogP contribution in [0.1, 0.15) is 11.1 Å². The molecule has 6 heteroatoms. The van der Waals surface area contributed by atoms with Gasteiger partial charge in [-0.2, -0.15) is 0 Å². The van der Waals surface area contributed by atoms with E-state index in [2.05, 4.69) is 4.72 Å². The van der Waals surface area contributed by atoms with E-state index in [-0.39, 0.29) is 16.5 Å². The first-order valence-electron chi connectivity index (χ1n) is 6.32. The average molecular weight is 326 g/mol. The maximum atomic E-state index is 12.3. The van der Waals surface area contributed by atoms with Crippen LogP contribution in [0.25, 0.3) is 0 Å². The van der Waals surface area contributed by atoms with Crippen LogP contribution in [0.3, 0.4) is 0 Å². The molecule has 0 aliphatic carbocycles. The number of benzene rings is 2. The monoisotopic (exact) mass is 325 g/mol. The Hall–Kier alpha value is -1.56. The largest absolute Gasteiger partial charge is 0.497 e. The molecular formula is C15H16ClNO3S. The fourth-order valence-corrected chi connectivity index (χ4v) is 3.42. The molecule has 2 rings (SSSR count). The van der Waals surface area contributed by atoms with Gasteiger partial charge in [0.1, 0.15) is 10.6 Å². The summed E-state index contributed by atoms with van der Waals surface area (Å²) in [5.74, 6) is 0.512. The quantitative estimate of drug-likeness (QED) is 0.918. The van der Waals surface area contributed by atoms with Crippen LogP contribution in [-0.2, 0) is 16.6 Å². The van der Waals surface area contributed by atoms with Crippen molar-refractivity contribution in [1.82, 2.24) is 4.72 Å². The highest BCUT2D eigenvalue weighted by Crippen LogP contribution is 2.26. The van der Waals surface area contributed by atoms with Crippen LogP contribution in [0, 0.1) is 6.92 Å². The molecular weight excluding hydrogens is 310 g/mol. The van der Waals surface area contributed by atoms with Crippen molar-refractivity contribution in [2.24, 2.45) is 0 Å². The van der Waals surface area contributed by atoms with Gasteiger partial charge in [-0.05, 0) is 30.2 Å². The van der Waals surface area contributed by atoms with Crippen molar-refractivity contribution in [1.29, 1.82) is 0 Å². The van der Waals surface area contributed by atoms with Crippen LogP contribution in [0.2, 0.25) is 5.02 Å². The number of methoxy groups -OCH3 is 1. The molecule has 0 heterocycles. The Morgan fingerprint density at radius 1 is 1.19 bits per heavy atom. The molecule has 2 aromatic carbocycles. The molecule has 0 spiro atoms. The van der Waals surface area contributed by atoms with Crippen molar-refractivity contribution in [2.75, 3.05) is 7.11 Å². The second kappa shape index (κ2) is 6.47. The molecule has 0 saturated carbocycles. The van der Waals surface area contributed by atoms with E-state index in [1.54, 1.807) is 6.07 Å². The zero-order chi connectivity index (χ0) is 15.5. The van der Waals surface area contributed by atoms with E-state index >= 15 is 0 Å². The Morgan fingerprint density at radius 2 is 1.90 bits per heavy atom. The lowest BCUT2D eigenvalue weighted by Gasteiger charge is -2.10. The fraction of sp³-hybridized carbons (Fsp3) is 0.200. The molecule has 2 aromatic rings. The van der Waals surface area contributed by atoms with Gasteiger partial charge in [0.25, 0.3) is 0 Å². The van der Waals surface area contributed by atoms with Crippen LogP contribution in [-0.4, -0.2) is 15.5 Å². The molecule has 21 heavy (non-hydrogen) atoms. The van der Waals surface area contributed by atoms with Crippen LogP contribution < -0.4 is 9.46 Å². The van der Waals surface area contributed by atoms with Crippen LogP contribution in [0.5, 0.6) is 5.75 Å². The molecule has 0 aliphatic heterocycles. The number of rotatable bonds is 5. The van der Waals surface area contributed by atoms with Gasteiger partial charge < -0.3 is 4.74 Å². The maximum absolute atomic E-state index is 12.3. The molecule has 0 fully saturated rings. The van der Waals surface area contributed by atoms with E-state index in [1.165, 1.54) is 19.2 Å². The minimum Gasteiger partial charge on any atom is -0.497 e. The number of hydrogen-bond acceptors (Lipinski definition) is 3. The average Bonchev–Trinajstić information content (AvgIpc) is 2.46. The molecule has 112 valence electrons. The van der Waals surface area contributed by atoms with E-state index in [9.17, 15) is 8.42 Å². The van der Waals surface area contributed by atoms with E-state index in [0.717, 1.165) is 11.1 Å². The molecule has 0 unspecified atom stereocenters. The number of aryl methyl sites for hydroxylation is 1. The van der Waals surface area contributed by atoms with E-state index in [1.807, 2.05) is 31.2 Å². The maximum Gasteiger partial charge on any atom is 0.242 e. The zero-order valence-electron chi connectivity index (χ0n) is 11.8. The Bertz CT molecular complexity index is 744. The minimum atomic E-state index is -3.67. The topological polar surface area (TPSA) is 55.4 Å². The van der Waals surface area contributed by atoms with Crippen molar-refractivity contribution in [3.8, 4) is 5.75 Å². The highest BCUT2D eigenvalue weighted by molar-refractivity contribution is 7.89. The second-order valence-corrected chi connectivity index (χ2v) is 6.69. The van der Waals surface area contributed by atoms with Crippen molar-refractivity contribution in [3.05, 3.63) is 58.6 Å². The molecule has 0 bridgehead atoms. The van der Waals surface area contributed by atoms with Crippen molar-refractivity contribution in [3.63, 3.8) is 0 Å². The summed E-state index contributed by atoms with van der Waals surface area (Å²) in [5, 5.41) is 0.131. The van der Waals surface area contributed by atoms with E-state index in [4.69, 9.17) is 16.3 Å². The predicted molar refractivity (Wildman–Crippen MR) is 83.2 cm³/mol. The predicted octanol–water partition coefficient (Wildman–Crippen LogP) is 3.14. The highest BCUT2D eigenvalue weighted by atomic mass is 35.5. The van der Waals surface area contributed by atoms with E-state index < -0.39 is 10.0 Å². The Labute approximate surface area is 129 Å². The van der Waals surface area contributed by atoms with Gasteiger partial charge in [0, 0.05) is 12.6 Å². The van der Waals surface area contributed by atoms with Crippen LogP contribution in [0.15, 0.2) is 47.4 Å². The summed E-state index contributed by atoms with van der Waals surface area (Å²) in [6, 6.07) is 12.1. The summed E-state index contributed by atoms with van der Waals surface area (Å²) in [5.41, 5.74) is 1.95. The number of sulfonamides is 1. The SMILES string of the molecule is COc1ccc(S(=O)(=O)NCc2ccccc2C)c(Cl)c1. The highest BCUT2D eigenvalue weighted by Gasteiger charge is 2.18. The molecule has 4 nitrogen and oxygen atoms in total. The first-order valence-corrected chi connectivity index (χ1v) is 8.18. The zero-order valence-corrected chi connectivity index (χ0v) is 13.3. The number of nitrogens with one attached hydrogen (secondary N) is 1. The van der Waals surface area contributed by atoms with Gasteiger partial charge >= 0.3 is 0 Å². The van der Waals surface area contributed by atoms with Gasteiger partial charge in [0.15, 0.2) is 0 Å². The standard InChI is InChI=1S/C15H16ClNO3S/c1-11-5-3-4-6-12(11)10-17-21(18,19)15-8-7-13(20-2)9-14(15)16/h3-9,17H,10H2,1-2H3. The molecule has 0 aromatic heterocycles. The molecule has 0 atom stereocenters. The fourth-order valence-electron chi connectivity index (χ4n) is 1.89. The summed E-state index contributed by atoms with van der Waals surface area (Å²) in [4.78, 5) is 0.0403. The van der Waals surface area contributed by atoms with Gasteiger partial charge in [-0.3, -0.25) is 0 Å². The Kier molecular flexibility index (Phi) is 4.88. The number of hydrogen-bond donors (Lipinski definition) is 1. The lowest BCUT2D eigenvalue weighted by Crippen LogP contribution is -2.23. The van der Waals surface area contributed by atoms with Crippen molar-refractivity contribution < 1.29 is 13.2 Å². The summed E-state index contributed by atoms with van der Waals surface area (Å²) < 4.78 is 32.2.